The monoisotopic (exact) mass is 310 g/mol. The van der Waals surface area contributed by atoms with Crippen LogP contribution in [0.1, 0.15) is 34.0 Å². The second kappa shape index (κ2) is 6.16. The summed E-state index contributed by atoms with van der Waals surface area (Å²) in [5, 5.41) is 10.3. The fourth-order valence-corrected chi connectivity index (χ4v) is 2.77. The number of allylic oxidation sites excluding steroid dienone is 1. The highest BCUT2D eigenvalue weighted by atomic mass is 16.5. The van der Waals surface area contributed by atoms with Crippen molar-refractivity contribution in [3.8, 4) is 17.2 Å². The summed E-state index contributed by atoms with van der Waals surface area (Å²) in [6.07, 6.45) is 2.04. The number of phenolic OH excluding ortho intramolecular Hbond substituents is 1. The number of ether oxygens (including phenoxy) is 2. The van der Waals surface area contributed by atoms with Crippen LogP contribution in [0.2, 0.25) is 0 Å². The molecule has 4 nitrogen and oxygen atoms in total. The topological polar surface area (TPSA) is 55.8 Å². The van der Waals surface area contributed by atoms with E-state index >= 15 is 0 Å². The van der Waals surface area contributed by atoms with E-state index in [2.05, 4.69) is 6.58 Å². The van der Waals surface area contributed by atoms with Crippen LogP contribution in [0.15, 0.2) is 49.1 Å². The van der Waals surface area contributed by atoms with Gasteiger partial charge >= 0.3 is 0 Å². The van der Waals surface area contributed by atoms with E-state index < -0.39 is 0 Å². The quantitative estimate of drug-likeness (QED) is 0.872. The molecule has 0 bridgehead atoms. The summed E-state index contributed by atoms with van der Waals surface area (Å²) >= 11 is 0. The molecule has 118 valence electrons. The first-order valence-corrected chi connectivity index (χ1v) is 7.43. The molecule has 0 amide bonds. The highest BCUT2D eigenvalue weighted by Gasteiger charge is 2.30. The summed E-state index contributed by atoms with van der Waals surface area (Å²) in [7, 11) is 1.61. The fraction of sp³-hybridized carbons (Fsp3) is 0.211. The first kappa shape index (κ1) is 15.2. The van der Waals surface area contributed by atoms with Crippen LogP contribution in [-0.2, 0) is 6.42 Å². The van der Waals surface area contributed by atoms with Gasteiger partial charge in [0.05, 0.1) is 13.5 Å². The molecule has 0 spiro atoms. The zero-order valence-electron chi connectivity index (χ0n) is 12.9. The number of aromatic hydroxyl groups is 1. The van der Waals surface area contributed by atoms with Crippen molar-refractivity contribution in [1.29, 1.82) is 0 Å². The number of ketones is 1. The summed E-state index contributed by atoms with van der Waals surface area (Å²) in [5.41, 5.74) is 1.85. The van der Waals surface area contributed by atoms with E-state index in [-0.39, 0.29) is 29.6 Å². The number of carbonyl (C=O) groups excluding carboxylic acids is 1. The molecule has 2 aromatic rings. The third-order valence-electron chi connectivity index (χ3n) is 3.99. The van der Waals surface area contributed by atoms with Crippen molar-refractivity contribution in [2.75, 3.05) is 7.11 Å². The Morgan fingerprint density at radius 1 is 1.30 bits per heavy atom. The molecule has 0 fully saturated rings. The van der Waals surface area contributed by atoms with E-state index in [0.717, 1.165) is 11.3 Å². The van der Waals surface area contributed by atoms with E-state index in [4.69, 9.17) is 9.47 Å². The fourth-order valence-electron chi connectivity index (χ4n) is 2.77. The predicted octanol–water partition coefficient (Wildman–Crippen LogP) is 3.84. The number of hydrogen-bond acceptors (Lipinski definition) is 4. The summed E-state index contributed by atoms with van der Waals surface area (Å²) in [4.78, 5) is 12.5. The number of hydrogen-bond donors (Lipinski definition) is 1. The van der Waals surface area contributed by atoms with Crippen molar-refractivity contribution >= 4 is 5.78 Å². The van der Waals surface area contributed by atoms with Gasteiger partial charge in [-0.25, -0.2) is 0 Å². The van der Waals surface area contributed by atoms with Crippen molar-refractivity contribution in [1.82, 2.24) is 0 Å². The Morgan fingerprint density at radius 3 is 2.70 bits per heavy atom. The summed E-state index contributed by atoms with van der Waals surface area (Å²) in [5.74, 6) is 1.06. The molecule has 0 aromatic heterocycles. The average Bonchev–Trinajstić information content (AvgIpc) is 2.57. The lowest BCUT2D eigenvalue weighted by atomic mass is 9.93. The Bertz CT molecular complexity index is 747. The van der Waals surface area contributed by atoms with Crippen molar-refractivity contribution in [3.63, 3.8) is 0 Å². The second-order valence-electron chi connectivity index (χ2n) is 5.45. The molecule has 23 heavy (non-hydrogen) atoms. The molecule has 1 heterocycles. The van der Waals surface area contributed by atoms with Gasteiger partial charge < -0.3 is 14.6 Å². The molecule has 2 aromatic carbocycles. The van der Waals surface area contributed by atoms with Gasteiger partial charge in [-0.1, -0.05) is 24.3 Å². The van der Waals surface area contributed by atoms with Crippen LogP contribution < -0.4 is 9.47 Å². The molecule has 4 heteroatoms. The van der Waals surface area contributed by atoms with E-state index in [0.29, 0.717) is 17.7 Å². The highest BCUT2D eigenvalue weighted by Crippen LogP contribution is 2.41. The average molecular weight is 310 g/mol. The number of benzene rings is 2. The number of carbonyl (C=O) groups is 1. The van der Waals surface area contributed by atoms with Crippen LogP contribution >= 0.6 is 0 Å². The molecule has 0 saturated heterocycles. The summed E-state index contributed by atoms with van der Waals surface area (Å²) in [6, 6.07) is 10.9. The van der Waals surface area contributed by atoms with Gasteiger partial charge in [-0.15, -0.1) is 6.58 Å². The van der Waals surface area contributed by atoms with Crippen LogP contribution in [0, 0.1) is 0 Å². The standard InChI is InChI=1S/C19H18O4/c1-3-4-13-7-10-16-18(19(13)21)15(20)11-17(23-16)12-5-8-14(22-2)9-6-12/h3,5-10,17,21H,1,4,11H2,2H3. The van der Waals surface area contributed by atoms with Crippen molar-refractivity contribution in [2.45, 2.75) is 18.9 Å². The zero-order valence-corrected chi connectivity index (χ0v) is 12.9. The lowest BCUT2D eigenvalue weighted by molar-refractivity contribution is 0.0845. The van der Waals surface area contributed by atoms with Crippen LogP contribution in [0.3, 0.4) is 0 Å². The molecule has 1 unspecified atom stereocenters. The number of phenols is 1. The lowest BCUT2D eigenvalue weighted by Gasteiger charge is -2.26. The summed E-state index contributed by atoms with van der Waals surface area (Å²) < 4.78 is 11.1. The molecule has 3 rings (SSSR count). The minimum atomic E-state index is -0.356. The van der Waals surface area contributed by atoms with Crippen LogP contribution in [0.5, 0.6) is 17.2 Å². The first-order valence-electron chi connectivity index (χ1n) is 7.43. The van der Waals surface area contributed by atoms with Crippen LogP contribution in [0.25, 0.3) is 0 Å². The van der Waals surface area contributed by atoms with Gasteiger partial charge in [-0.2, -0.15) is 0 Å². The SMILES string of the molecule is C=CCc1ccc2c(c1O)C(=O)CC(c1ccc(OC)cc1)O2. The van der Waals surface area contributed by atoms with E-state index in [9.17, 15) is 9.90 Å². The number of rotatable bonds is 4. The Hall–Kier alpha value is -2.75. The predicted molar refractivity (Wildman–Crippen MR) is 87.3 cm³/mol. The third kappa shape index (κ3) is 2.80. The van der Waals surface area contributed by atoms with E-state index in [1.165, 1.54) is 0 Å². The van der Waals surface area contributed by atoms with Crippen molar-refractivity contribution < 1.29 is 19.4 Å². The largest absolute Gasteiger partial charge is 0.507 e. The zero-order chi connectivity index (χ0) is 16.4. The number of Topliss-reactive ketones (excluding diaryl/α,β-unsaturated/α-hetero) is 1. The molecular weight excluding hydrogens is 292 g/mol. The molecule has 1 atom stereocenters. The molecular formula is C19H18O4. The number of fused-ring (bicyclic) bond motifs is 1. The van der Waals surface area contributed by atoms with Gasteiger partial charge in [-0.3, -0.25) is 4.79 Å². The Morgan fingerprint density at radius 2 is 2.04 bits per heavy atom. The molecule has 0 aliphatic carbocycles. The van der Waals surface area contributed by atoms with Crippen LogP contribution in [-0.4, -0.2) is 18.0 Å². The van der Waals surface area contributed by atoms with E-state index in [1.54, 1.807) is 25.3 Å². The molecule has 1 aliphatic heterocycles. The van der Waals surface area contributed by atoms with Gasteiger partial charge in [0, 0.05) is 0 Å². The molecule has 0 radical (unpaired) electrons. The Labute approximate surface area is 135 Å². The Kier molecular flexibility index (Phi) is 4.06. The van der Waals surface area contributed by atoms with E-state index in [1.807, 2.05) is 24.3 Å². The number of methoxy groups -OCH3 is 1. The Balaban J connectivity index is 1.93. The minimum absolute atomic E-state index is 0.000538. The lowest BCUT2D eigenvalue weighted by Crippen LogP contribution is -2.20. The maximum absolute atomic E-state index is 12.5. The summed E-state index contributed by atoms with van der Waals surface area (Å²) in [6.45, 7) is 3.66. The minimum Gasteiger partial charge on any atom is -0.507 e. The van der Waals surface area contributed by atoms with Gasteiger partial charge in [0.15, 0.2) is 5.78 Å². The highest BCUT2D eigenvalue weighted by molar-refractivity contribution is 6.02. The van der Waals surface area contributed by atoms with Gasteiger partial charge in [0.25, 0.3) is 0 Å². The normalized spacial score (nSPS) is 16.4. The maximum atomic E-state index is 12.5. The van der Waals surface area contributed by atoms with Gasteiger partial charge in [0.2, 0.25) is 0 Å². The first-order chi connectivity index (χ1) is 11.1. The van der Waals surface area contributed by atoms with Crippen molar-refractivity contribution in [2.24, 2.45) is 0 Å². The molecule has 1 aliphatic rings. The smallest absolute Gasteiger partial charge is 0.174 e. The molecule has 0 saturated carbocycles. The third-order valence-corrected chi connectivity index (χ3v) is 3.99. The molecule has 1 N–H and O–H groups in total. The maximum Gasteiger partial charge on any atom is 0.174 e. The van der Waals surface area contributed by atoms with Crippen molar-refractivity contribution in [3.05, 3.63) is 65.7 Å². The van der Waals surface area contributed by atoms with Gasteiger partial charge in [0.1, 0.15) is 28.9 Å². The van der Waals surface area contributed by atoms with Crippen LogP contribution in [0.4, 0.5) is 0 Å². The second-order valence-corrected chi connectivity index (χ2v) is 5.45. The van der Waals surface area contributed by atoms with Gasteiger partial charge in [-0.05, 0) is 35.7 Å².